The largest absolute Gasteiger partial charge is 0.214 e. The van der Waals surface area contributed by atoms with Crippen molar-refractivity contribution in [2.24, 2.45) is 0 Å². The van der Waals surface area contributed by atoms with Gasteiger partial charge in [0.1, 0.15) is 0 Å². The molecule has 13 heavy (non-hydrogen) atoms. The van der Waals surface area contributed by atoms with Gasteiger partial charge in [-0.3, -0.25) is 0 Å². The average molecular weight is 223 g/mol. The molecule has 0 spiro atoms. The van der Waals surface area contributed by atoms with Crippen LogP contribution in [-0.4, -0.2) is 31.7 Å². The van der Waals surface area contributed by atoms with E-state index in [9.17, 15) is 8.42 Å². The standard InChI is InChI=1S/C8H17NO2S2/c1-2-13(10,11)9-7-8-5-3-4-6-12-8/h8-9H,2-7H2,1H3. The van der Waals surface area contributed by atoms with Crippen LogP contribution in [0, 0.1) is 0 Å². The fourth-order valence-corrected chi connectivity index (χ4v) is 3.29. The number of sulfonamides is 1. The maximum absolute atomic E-state index is 11.1. The first-order valence-electron chi connectivity index (χ1n) is 4.73. The van der Waals surface area contributed by atoms with Crippen molar-refractivity contribution in [3.8, 4) is 0 Å². The van der Waals surface area contributed by atoms with Crippen LogP contribution in [0.5, 0.6) is 0 Å². The molecule has 1 saturated heterocycles. The summed E-state index contributed by atoms with van der Waals surface area (Å²) < 4.78 is 24.9. The van der Waals surface area contributed by atoms with Gasteiger partial charge in [0.15, 0.2) is 0 Å². The third kappa shape index (κ3) is 4.33. The molecule has 0 aromatic heterocycles. The van der Waals surface area contributed by atoms with Crippen LogP contribution in [0.25, 0.3) is 0 Å². The zero-order chi connectivity index (χ0) is 9.73. The molecule has 3 nitrogen and oxygen atoms in total. The van der Waals surface area contributed by atoms with Crippen molar-refractivity contribution in [3.05, 3.63) is 0 Å². The van der Waals surface area contributed by atoms with Crippen molar-refractivity contribution in [1.82, 2.24) is 4.72 Å². The highest BCUT2D eigenvalue weighted by atomic mass is 32.2. The highest BCUT2D eigenvalue weighted by Crippen LogP contribution is 2.24. The normalized spacial score (nSPS) is 24.5. The second-order valence-electron chi connectivity index (χ2n) is 3.24. The quantitative estimate of drug-likeness (QED) is 0.779. The zero-order valence-electron chi connectivity index (χ0n) is 7.95. The van der Waals surface area contributed by atoms with E-state index in [1.165, 1.54) is 18.6 Å². The van der Waals surface area contributed by atoms with Crippen LogP contribution in [0.15, 0.2) is 0 Å². The van der Waals surface area contributed by atoms with Crippen molar-refractivity contribution in [3.63, 3.8) is 0 Å². The Morgan fingerprint density at radius 1 is 1.46 bits per heavy atom. The highest BCUT2D eigenvalue weighted by Gasteiger charge is 2.16. The third-order valence-corrected chi connectivity index (χ3v) is 4.95. The summed E-state index contributed by atoms with van der Waals surface area (Å²) in [7, 11) is -2.98. The molecule has 78 valence electrons. The van der Waals surface area contributed by atoms with E-state index in [0.717, 1.165) is 6.42 Å². The van der Waals surface area contributed by atoms with Gasteiger partial charge >= 0.3 is 0 Å². The van der Waals surface area contributed by atoms with Gasteiger partial charge in [-0.1, -0.05) is 6.42 Å². The van der Waals surface area contributed by atoms with E-state index in [4.69, 9.17) is 0 Å². The Balaban J connectivity index is 2.25. The van der Waals surface area contributed by atoms with E-state index in [0.29, 0.717) is 11.8 Å². The summed E-state index contributed by atoms with van der Waals surface area (Å²) in [6.07, 6.45) is 3.67. The molecule has 1 aliphatic heterocycles. The molecule has 1 rings (SSSR count). The predicted octanol–water partition coefficient (Wildman–Crippen LogP) is 1.21. The Labute approximate surface area is 84.7 Å². The predicted molar refractivity (Wildman–Crippen MR) is 57.6 cm³/mol. The molecule has 0 aromatic carbocycles. The monoisotopic (exact) mass is 223 g/mol. The number of hydrogen-bond acceptors (Lipinski definition) is 3. The van der Waals surface area contributed by atoms with Crippen LogP contribution >= 0.6 is 11.8 Å². The summed E-state index contributed by atoms with van der Waals surface area (Å²) in [6.45, 7) is 2.27. The lowest BCUT2D eigenvalue weighted by Gasteiger charge is -2.21. The Kier molecular flexibility index (Phi) is 4.55. The Hall–Kier alpha value is 0.260. The zero-order valence-corrected chi connectivity index (χ0v) is 9.59. The van der Waals surface area contributed by atoms with Crippen LogP contribution < -0.4 is 4.72 Å². The minimum Gasteiger partial charge on any atom is -0.214 e. The summed E-state index contributed by atoms with van der Waals surface area (Å²) in [4.78, 5) is 0. The van der Waals surface area contributed by atoms with Gasteiger partial charge in [-0.2, -0.15) is 11.8 Å². The first-order valence-corrected chi connectivity index (χ1v) is 7.43. The second-order valence-corrected chi connectivity index (χ2v) is 6.74. The van der Waals surface area contributed by atoms with Gasteiger partial charge in [0.05, 0.1) is 5.75 Å². The Morgan fingerprint density at radius 2 is 2.23 bits per heavy atom. The fraction of sp³-hybridized carbons (Fsp3) is 1.00. The van der Waals surface area contributed by atoms with Crippen LogP contribution in [0.1, 0.15) is 26.2 Å². The second kappa shape index (κ2) is 5.22. The van der Waals surface area contributed by atoms with Crippen LogP contribution in [0.3, 0.4) is 0 Å². The summed E-state index contributed by atoms with van der Waals surface area (Å²) in [5.41, 5.74) is 0. The summed E-state index contributed by atoms with van der Waals surface area (Å²) in [5.74, 6) is 1.36. The SMILES string of the molecule is CCS(=O)(=O)NCC1CCCCS1. The van der Waals surface area contributed by atoms with Crippen molar-refractivity contribution in [2.75, 3.05) is 18.1 Å². The number of thioether (sulfide) groups is 1. The minimum atomic E-state index is -2.98. The van der Waals surface area contributed by atoms with E-state index < -0.39 is 10.0 Å². The molecule has 5 heteroatoms. The smallest absolute Gasteiger partial charge is 0.211 e. The average Bonchev–Trinajstić information content (AvgIpc) is 2.17. The van der Waals surface area contributed by atoms with Crippen LogP contribution in [0.4, 0.5) is 0 Å². The maximum atomic E-state index is 11.1. The Bertz CT molecular complexity index is 233. The van der Waals surface area contributed by atoms with Gasteiger partial charge in [-0.15, -0.1) is 0 Å². The maximum Gasteiger partial charge on any atom is 0.211 e. The molecule has 1 heterocycles. The van der Waals surface area contributed by atoms with Gasteiger partial charge in [-0.25, -0.2) is 13.1 Å². The first-order chi connectivity index (χ1) is 6.14. The fourth-order valence-electron chi connectivity index (χ4n) is 1.29. The minimum absolute atomic E-state index is 0.185. The van der Waals surface area contributed by atoms with Gasteiger partial charge in [0, 0.05) is 11.8 Å². The molecule has 1 N–H and O–H groups in total. The van der Waals surface area contributed by atoms with Crippen LogP contribution in [0.2, 0.25) is 0 Å². The van der Waals surface area contributed by atoms with E-state index in [1.807, 2.05) is 11.8 Å². The number of hydrogen-bond donors (Lipinski definition) is 1. The van der Waals surface area contributed by atoms with E-state index in [2.05, 4.69) is 4.72 Å². The molecule has 0 aromatic rings. The molecular weight excluding hydrogens is 206 g/mol. The molecule has 1 unspecified atom stereocenters. The van der Waals surface area contributed by atoms with Gasteiger partial charge < -0.3 is 0 Å². The van der Waals surface area contributed by atoms with Gasteiger partial charge in [-0.05, 0) is 25.5 Å². The van der Waals surface area contributed by atoms with E-state index >= 15 is 0 Å². The highest BCUT2D eigenvalue weighted by molar-refractivity contribution is 8.00. The number of nitrogens with one attached hydrogen (secondary N) is 1. The van der Waals surface area contributed by atoms with E-state index in [-0.39, 0.29) is 5.75 Å². The molecule has 0 amide bonds. The molecule has 0 aliphatic carbocycles. The topological polar surface area (TPSA) is 46.2 Å². The molecule has 0 radical (unpaired) electrons. The molecule has 1 fully saturated rings. The lowest BCUT2D eigenvalue weighted by atomic mass is 10.2. The third-order valence-electron chi connectivity index (χ3n) is 2.18. The molecule has 0 saturated carbocycles. The lowest BCUT2D eigenvalue weighted by Crippen LogP contribution is -2.32. The van der Waals surface area contributed by atoms with Crippen molar-refractivity contribution in [2.45, 2.75) is 31.4 Å². The van der Waals surface area contributed by atoms with Gasteiger partial charge in [0.2, 0.25) is 10.0 Å². The molecule has 1 atom stereocenters. The van der Waals surface area contributed by atoms with Crippen molar-refractivity contribution >= 4 is 21.8 Å². The van der Waals surface area contributed by atoms with Crippen LogP contribution in [-0.2, 0) is 10.0 Å². The molecular formula is C8H17NO2S2. The summed E-state index contributed by atoms with van der Waals surface area (Å²) in [6, 6.07) is 0. The molecule has 0 bridgehead atoms. The van der Waals surface area contributed by atoms with Crippen molar-refractivity contribution in [1.29, 1.82) is 0 Å². The molecule has 1 aliphatic rings. The summed E-state index contributed by atoms with van der Waals surface area (Å²) in [5, 5.41) is 0.495. The summed E-state index contributed by atoms with van der Waals surface area (Å²) >= 11 is 1.89. The van der Waals surface area contributed by atoms with E-state index in [1.54, 1.807) is 6.92 Å². The van der Waals surface area contributed by atoms with Gasteiger partial charge in [0.25, 0.3) is 0 Å². The van der Waals surface area contributed by atoms with Crippen molar-refractivity contribution < 1.29 is 8.42 Å². The Morgan fingerprint density at radius 3 is 2.77 bits per heavy atom. The number of rotatable bonds is 4. The lowest BCUT2D eigenvalue weighted by molar-refractivity contribution is 0.575. The first kappa shape index (κ1) is 11.3.